The van der Waals surface area contributed by atoms with Crippen LogP contribution < -0.4 is 5.32 Å². The lowest BCUT2D eigenvalue weighted by molar-refractivity contribution is -0.145. The monoisotopic (exact) mass is 298 g/mol. The van der Waals surface area contributed by atoms with Gasteiger partial charge in [-0.15, -0.1) is 0 Å². The Balaban J connectivity index is 2.79. The van der Waals surface area contributed by atoms with Gasteiger partial charge in [0.1, 0.15) is 5.54 Å². The highest BCUT2D eigenvalue weighted by molar-refractivity contribution is 5.78. The second-order valence-corrected chi connectivity index (χ2v) is 7.14. The van der Waals surface area contributed by atoms with Crippen LogP contribution in [0.4, 0.5) is 0 Å². The van der Waals surface area contributed by atoms with Gasteiger partial charge < -0.3 is 5.11 Å². The molecule has 4 nitrogen and oxygen atoms in total. The van der Waals surface area contributed by atoms with Crippen molar-refractivity contribution in [2.24, 2.45) is 0 Å². The van der Waals surface area contributed by atoms with Crippen LogP contribution in [-0.2, 0) is 4.79 Å². The Bertz CT molecular complexity index is 333. The average molecular weight is 298 g/mol. The van der Waals surface area contributed by atoms with Gasteiger partial charge in [-0.2, -0.15) is 0 Å². The molecule has 0 saturated carbocycles. The first-order valence-electron chi connectivity index (χ1n) is 8.57. The van der Waals surface area contributed by atoms with Gasteiger partial charge in [0.25, 0.3) is 0 Å². The third-order valence-electron chi connectivity index (χ3n) is 4.74. The Kier molecular flexibility index (Phi) is 7.14. The number of likely N-dealkylation sites (tertiary alicyclic amines) is 1. The standard InChI is InChI=1S/C17H34N2O2/c1-6-15-10-8-7-9-11-19(15)14(4)12-17(5,16(20)21)18-13(2)3/h13-15,18H,6-12H2,1-5H3,(H,20,21). The van der Waals surface area contributed by atoms with Crippen molar-refractivity contribution < 1.29 is 9.90 Å². The summed E-state index contributed by atoms with van der Waals surface area (Å²) in [5.41, 5.74) is -0.849. The third kappa shape index (κ3) is 5.26. The fourth-order valence-electron chi connectivity index (χ4n) is 3.77. The van der Waals surface area contributed by atoms with Crippen molar-refractivity contribution in [3.8, 4) is 0 Å². The first kappa shape index (κ1) is 18.4. The van der Waals surface area contributed by atoms with Gasteiger partial charge in [0, 0.05) is 18.1 Å². The smallest absolute Gasteiger partial charge is 0.323 e. The average Bonchev–Trinajstić information content (AvgIpc) is 2.62. The Labute approximate surface area is 130 Å². The van der Waals surface area contributed by atoms with Gasteiger partial charge >= 0.3 is 5.97 Å². The molecule has 1 rings (SSSR count). The van der Waals surface area contributed by atoms with Crippen molar-refractivity contribution in [3.63, 3.8) is 0 Å². The Morgan fingerprint density at radius 2 is 2.00 bits per heavy atom. The molecule has 0 spiro atoms. The summed E-state index contributed by atoms with van der Waals surface area (Å²) >= 11 is 0. The Morgan fingerprint density at radius 1 is 1.33 bits per heavy atom. The number of hydrogen-bond acceptors (Lipinski definition) is 3. The Hall–Kier alpha value is -0.610. The molecule has 3 atom stereocenters. The number of carbonyl (C=O) groups is 1. The molecule has 4 heteroatoms. The van der Waals surface area contributed by atoms with E-state index in [0.717, 1.165) is 13.0 Å². The number of carboxylic acid groups (broad SMARTS) is 1. The molecule has 1 saturated heterocycles. The largest absolute Gasteiger partial charge is 0.480 e. The summed E-state index contributed by atoms with van der Waals surface area (Å²) in [7, 11) is 0. The lowest BCUT2D eigenvalue weighted by Gasteiger charge is -2.39. The van der Waals surface area contributed by atoms with Gasteiger partial charge in [-0.05, 0) is 59.9 Å². The molecule has 0 aliphatic carbocycles. The summed E-state index contributed by atoms with van der Waals surface area (Å²) in [6.07, 6.45) is 6.91. The molecule has 21 heavy (non-hydrogen) atoms. The number of nitrogens with zero attached hydrogens (tertiary/aromatic N) is 1. The summed E-state index contributed by atoms with van der Waals surface area (Å²) in [5.74, 6) is -0.745. The van der Waals surface area contributed by atoms with Crippen LogP contribution in [0.1, 0.15) is 73.1 Å². The molecular weight excluding hydrogens is 264 g/mol. The molecule has 124 valence electrons. The van der Waals surface area contributed by atoms with E-state index in [1.807, 2.05) is 20.8 Å². The summed E-state index contributed by atoms with van der Waals surface area (Å²) in [6.45, 7) is 11.4. The van der Waals surface area contributed by atoms with Crippen LogP contribution in [-0.4, -0.2) is 46.2 Å². The second kappa shape index (κ2) is 8.14. The lowest BCUT2D eigenvalue weighted by Crippen LogP contribution is -2.56. The highest BCUT2D eigenvalue weighted by atomic mass is 16.4. The van der Waals surface area contributed by atoms with Crippen LogP contribution in [0.15, 0.2) is 0 Å². The number of nitrogens with one attached hydrogen (secondary N) is 1. The molecule has 0 amide bonds. The zero-order valence-electron chi connectivity index (χ0n) is 14.5. The molecule has 0 aromatic rings. The van der Waals surface area contributed by atoms with Gasteiger partial charge in [-0.1, -0.05) is 19.8 Å². The molecule has 1 aliphatic heterocycles. The van der Waals surface area contributed by atoms with E-state index in [-0.39, 0.29) is 6.04 Å². The van der Waals surface area contributed by atoms with Crippen molar-refractivity contribution in [1.29, 1.82) is 0 Å². The first-order valence-corrected chi connectivity index (χ1v) is 8.57. The van der Waals surface area contributed by atoms with Crippen molar-refractivity contribution >= 4 is 5.97 Å². The van der Waals surface area contributed by atoms with Gasteiger partial charge in [0.15, 0.2) is 0 Å². The maximum absolute atomic E-state index is 11.7. The van der Waals surface area contributed by atoms with Crippen LogP contribution in [0.3, 0.4) is 0 Å². The third-order valence-corrected chi connectivity index (χ3v) is 4.74. The number of rotatable bonds is 7. The van der Waals surface area contributed by atoms with Crippen molar-refractivity contribution in [1.82, 2.24) is 10.2 Å². The molecule has 0 aromatic carbocycles. The van der Waals surface area contributed by atoms with E-state index in [9.17, 15) is 9.90 Å². The fraction of sp³-hybridized carbons (Fsp3) is 0.941. The summed E-state index contributed by atoms with van der Waals surface area (Å²) in [4.78, 5) is 14.3. The molecule has 1 aliphatic rings. The van der Waals surface area contributed by atoms with Crippen LogP contribution in [0.5, 0.6) is 0 Å². The van der Waals surface area contributed by atoms with E-state index in [1.165, 1.54) is 25.7 Å². The zero-order chi connectivity index (χ0) is 16.0. The Morgan fingerprint density at radius 3 is 2.52 bits per heavy atom. The van der Waals surface area contributed by atoms with E-state index in [1.54, 1.807) is 0 Å². The summed E-state index contributed by atoms with van der Waals surface area (Å²) in [5, 5.41) is 12.9. The molecular formula is C17H34N2O2. The molecule has 1 heterocycles. The van der Waals surface area contributed by atoms with E-state index in [4.69, 9.17) is 0 Å². The predicted molar refractivity (Wildman–Crippen MR) is 87.6 cm³/mol. The number of aliphatic carboxylic acids is 1. The minimum Gasteiger partial charge on any atom is -0.480 e. The van der Waals surface area contributed by atoms with Crippen LogP contribution >= 0.6 is 0 Å². The molecule has 2 N–H and O–H groups in total. The van der Waals surface area contributed by atoms with Crippen LogP contribution in [0.2, 0.25) is 0 Å². The van der Waals surface area contributed by atoms with Crippen molar-refractivity contribution in [2.75, 3.05) is 6.54 Å². The van der Waals surface area contributed by atoms with Gasteiger partial charge in [-0.25, -0.2) is 0 Å². The second-order valence-electron chi connectivity index (χ2n) is 7.14. The van der Waals surface area contributed by atoms with Crippen molar-refractivity contribution in [3.05, 3.63) is 0 Å². The molecule has 0 bridgehead atoms. The maximum atomic E-state index is 11.7. The summed E-state index contributed by atoms with van der Waals surface area (Å²) in [6, 6.07) is 1.07. The minimum absolute atomic E-state index is 0.171. The SMILES string of the molecule is CCC1CCCCCN1C(C)CC(C)(NC(C)C)C(=O)O. The normalized spacial score (nSPS) is 25.3. The zero-order valence-corrected chi connectivity index (χ0v) is 14.5. The highest BCUT2D eigenvalue weighted by Gasteiger charge is 2.37. The van der Waals surface area contributed by atoms with Crippen LogP contribution in [0, 0.1) is 0 Å². The van der Waals surface area contributed by atoms with Crippen molar-refractivity contribution in [2.45, 2.75) is 96.8 Å². The topological polar surface area (TPSA) is 52.6 Å². The highest BCUT2D eigenvalue weighted by Crippen LogP contribution is 2.25. The van der Waals surface area contributed by atoms with E-state index >= 15 is 0 Å². The van der Waals surface area contributed by atoms with Gasteiger partial charge in [0.05, 0.1) is 0 Å². The van der Waals surface area contributed by atoms with Gasteiger partial charge in [0.2, 0.25) is 0 Å². The molecule has 0 radical (unpaired) electrons. The predicted octanol–water partition coefficient (Wildman–Crippen LogP) is 3.26. The maximum Gasteiger partial charge on any atom is 0.323 e. The fourth-order valence-corrected chi connectivity index (χ4v) is 3.77. The molecule has 1 fully saturated rings. The van der Waals surface area contributed by atoms with E-state index in [2.05, 4.69) is 24.1 Å². The van der Waals surface area contributed by atoms with Crippen LogP contribution in [0.25, 0.3) is 0 Å². The first-order chi connectivity index (χ1) is 9.80. The quantitative estimate of drug-likeness (QED) is 0.757. The number of carboxylic acids is 1. The minimum atomic E-state index is -0.849. The molecule has 0 aromatic heterocycles. The lowest BCUT2D eigenvalue weighted by atomic mass is 9.91. The summed E-state index contributed by atoms with van der Waals surface area (Å²) < 4.78 is 0. The van der Waals surface area contributed by atoms with E-state index in [0.29, 0.717) is 18.5 Å². The molecule has 3 unspecified atom stereocenters. The van der Waals surface area contributed by atoms with Gasteiger partial charge in [-0.3, -0.25) is 15.0 Å². The van der Waals surface area contributed by atoms with E-state index < -0.39 is 11.5 Å². The number of hydrogen-bond donors (Lipinski definition) is 2.